The zero-order chi connectivity index (χ0) is 17.1. The number of fused-ring (bicyclic) bond motifs is 1. The van der Waals surface area contributed by atoms with Gasteiger partial charge in [-0.3, -0.25) is 9.59 Å². The van der Waals surface area contributed by atoms with Crippen LogP contribution in [0.25, 0.3) is 0 Å². The van der Waals surface area contributed by atoms with E-state index in [1.807, 2.05) is 18.2 Å². The molecule has 2 aromatic rings. The van der Waals surface area contributed by atoms with Gasteiger partial charge in [0, 0.05) is 18.9 Å². The lowest BCUT2D eigenvalue weighted by Gasteiger charge is -2.27. The highest BCUT2D eigenvalue weighted by Crippen LogP contribution is 2.33. The van der Waals surface area contributed by atoms with Gasteiger partial charge in [0.25, 0.3) is 0 Å². The molecule has 1 aliphatic carbocycles. The van der Waals surface area contributed by atoms with Crippen molar-refractivity contribution in [2.75, 3.05) is 14.2 Å². The van der Waals surface area contributed by atoms with E-state index in [1.54, 1.807) is 0 Å². The SMILES string of the molecule is COC(=O)[C@H]1Cc2cn(Cc3ccccc3)cc2C[C@@H]1C(=O)OC. The normalized spacial score (nSPS) is 19.4. The van der Waals surface area contributed by atoms with Gasteiger partial charge in [-0.25, -0.2) is 0 Å². The summed E-state index contributed by atoms with van der Waals surface area (Å²) < 4.78 is 11.9. The fourth-order valence-corrected chi connectivity index (χ4v) is 3.41. The molecular formula is C19H21NO4. The molecule has 0 fully saturated rings. The summed E-state index contributed by atoms with van der Waals surface area (Å²) >= 11 is 0. The third-order valence-corrected chi connectivity index (χ3v) is 4.64. The Bertz CT molecular complexity index is 694. The maximum absolute atomic E-state index is 12.1. The number of esters is 2. The summed E-state index contributed by atoms with van der Waals surface area (Å²) in [7, 11) is 2.71. The van der Waals surface area contributed by atoms with E-state index in [1.165, 1.54) is 19.8 Å². The third-order valence-electron chi connectivity index (χ3n) is 4.64. The topological polar surface area (TPSA) is 57.5 Å². The van der Waals surface area contributed by atoms with Crippen molar-refractivity contribution in [3.8, 4) is 0 Å². The van der Waals surface area contributed by atoms with Crippen LogP contribution in [0.5, 0.6) is 0 Å². The van der Waals surface area contributed by atoms with Crippen LogP contribution in [0.15, 0.2) is 42.7 Å². The highest BCUT2D eigenvalue weighted by Gasteiger charge is 2.40. The number of methoxy groups -OCH3 is 2. The van der Waals surface area contributed by atoms with Crippen molar-refractivity contribution >= 4 is 11.9 Å². The predicted molar refractivity (Wildman–Crippen MR) is 88.4 cm³/mol. The van der Waals surface area contributed by atoms with Gasteiger partial charge < -0.3 is 14.0 Å². The standard InChI is InChI=1S/C19H21NO4/c1-23-18(21)16-8-14-11-20(10-13-6-4-3-5-7-13)12-15(14)9-17(16)19(22)24-2/h3-7,11-12,16-17H,8-10H2,1-2H3/t16-,17-/m0/s1. The molecule has 0 N–H and O–H groups in total. The van der Waals surface area contributed by atoms with Gasteiger partial charge >= 0.3 is 11.9 Å². The molecule has 24 heavy (non-hydrogen) atoms. The molecular weight excluding hydrogens is 306 g/mol. The Balaban J connectivity index is 1.85. The Labute approximate surface area is 141 Å². The highest BCUT2D eigenvalue weighted by molar-refractivity contribution is 5.83. The van der Waals surface area contributed by atoms with Gasteiger partial charge in [-0.05, 0) is 29.5 Å². The van der Waals surface area contributed by atoms with Gasteiger partial charge in [-0.2, -0.15) is 0 Å². The average molecular weight is 327 g/mol. The van der Waals surface area contributed by atoms with Crippen molar-refractivity contribution in [1.29, 1.82) is 0 Å². The second kappa shape index (κ2) is 6.91. The number of hydrogen-bond donors (Lipinski definition) is 0. The Hall–Kier alpha value is -2.56. The highest BCUT2D eigenvalue weighted by atomic mass is 16.5. The molecule has 3 rings (SSSR count). The van der Waals surface area contributed by atoms with E-state index in [9.17, 15) is 9.59 Å². The van der Waals surface area contributed by atoms with Crippen LogP contribution in [0.2, 0.25) is 0 Å². The van der Waals surface area contributed by atoms with Crippen LogP contribution in [0.1, 0.15) is 16.7 Å². The molecule has 0 aliphatic heterocycles. The first-order chi connectivity index (χ1) is 11.6. The molecule has 0 saturated heterocycles. The summed E-state index contributed by atoms with van der Waals surface area (Å²) in [6.45, 7) is 0.764. The van der Waals surface area contributed by atoms with E-state index in [-0.39, 0.29) is 11.9 Å². The minimum absolute atomic E-state index is 0.355. The van der Waals surface area contributed by atoms with Crippen molar-refractivity contribution in [3.63, 3.8) is 0 Å². The molecule has 0 spiro atoms. The number of rotatable bonds is 4. The third kappa shape index (κ3) is 3.20. The number of aromatic nitrogens is 1. The predicted octanol–water partition coefficient (Wildman–Crippen LogP) is 2.21. The first-order valence-corrected chi connectivity index (χ1v) is 7.99. The Kier molecular flexibility index (Phi) is 4.69. The summed E-state index contributed by atoms with van der Waals surface area (Å²) in [6, 6.07) is 10.2. The van der Waals surface area contributed by atoms with Gasteiger partial charge in [-0.15, -0.1) is 0 Å². The van der Waals surface area contributed by atoms with E-state index in [2.05, 4.69) is 29.1 Å². The zero-order valence-electron chi connectivity index (χ0n) is 13.9. The molecule has 1 aromatic carbocycles. The van der Waals surface area contributed by atoms with Gasteiger partial charge in [0.2, 0.25) is 0 Å². The number of benzene rings is 1. The lowest BCUT2D eigenvalue weighted by molar-refractivity contribution is -0.158. The monoisotopic (exact) mass is 327 g/mol. The fourth-order valence-electron chi connectivity index (χ4n) is 3.41. The van der Waals surface area contributed by atoms with Crippen molar-refractivity contribution in [2.24, 2.45) is 11.8 Å². The van der Waals surface area contributed by atoms with Gasteiger partial charge in [0.05, 0.1) is 26.1 Å². The smallest absolute Gasteiger partial charge is 0.309 e. The van der Waals surface area contributed by atoms with Gasteiger partial charge in [0.1, 0.15) is 0 Å². The number of hydrogen-bond acceptors (Lipinski definition) is 4. The molecule has 1 aliphatic rings. The largest absolute Gasteiger partial charge is 0.469 e. The summed E-state index contributed by atoms with van der Waals surface area (Å²) in [5.41, 5.74) is 3.40. The molecule has 1 heterocycles. The molecule has 0 bridgehead atoms. The number of nitrogens with zero attached hydrogens (tertiary/aromatic N) is 1. The lowest BCUT2D eigenvalue weighted by atomic mass is 9.77. The van der Waals surface area contributed by atoms with Gasteiger partial charge in [0.15, 0.2) is 0 Å². The number of carbonyl (C=O) groups is 2. The van der Waals surface area contributed by atoms with Crippen molar-refractivity contribution in [2.45, 2.75) is 19.4 Å². The van der Waals surface area contributed by atoms with Crippen molar-refractivity contribution in [3.05, 3.63) is 59.4 Å². The maximum Gasteiger partial charge on any atom is 0.309 e. The molecule has 1 aromatic heterocycles. The van der Waals surface area contributed by atoms with Crippen LogP contribution in [0, 0.1) is 11.8 Å². The van der Waals surface area contributed by atoms with Crippen LogP contribution >= 0.6 is 0 Å². The second-order valence-corrected chi connectivity index (χ2v) is 6.13. The van der Waals surface area contributed by atoms with Crippen molar-refractivity contribution in [1.82, 2.24) is 4.57 Å². The zero-order valence-corrected chi connectivity index (χ0v) is 13.9. The lowest BCUT2D eigenvalue weighted by Crippen LogP contribution is -2.37. The summed E-state index contributed by atoms with van der Waals surface area (Å²) in [4.78, 5) is 24.1. The summed E-state index contributed by atoms with van der Waals surface area (Å²) in [5, 5.41) is 0. The molecule has 126 valence electrons. The maximum atomic E-state index is 12.1. The minimum Gasteiger partial charge on any atom is -0.469 e. The summed E-state index contributed by atoms with van der Waals surface area (Å²) in [5.74, 6) is -1.68. The summed E-state index contributed by atoms with van der Waals surface area (Å²) in [6.07, 6.45) is 5.13. The second-order valence-electron chi connectivity index (χ2n) is 6.13. The van der Waals surface area contributed by atoms with E-state index in [0.29, 0.717) is 12.8 Å². The molecule has 2 atom stereocenters. The Morgan fingerprint density at radius 1 is 0.958 bits per heavy atom. The fraction of sp³-hybridized carbons (Fsp3) is 0.368. The molecule has 0 unspecified atom stereocenters. The van der Waals surface area contributed by atoms with Crippen LogP contribution in [0.3, 0.4) is 0 Å². The average Bonchev–Trinajstić information content (AvgIpc) is 3.01. The van der Waals surface area contributed by atoms with E-state index in [4.69, 9.17) is 9.47 Å². The Morgan fingerprint density at radius 2 is 1.46 bits per heavy atom. The quantitative estimate of drug-likeness (QED) is 0.808. The minimum atomic E-state index is -0.484. The Morgan fingerprint density at radius 3 is 1.92 bits per heavy atom. The van der Waals surface area contributed by atoms with E-state index >= 15 is 0 Å². The first kappa shape index (κ1) is 16.3. The molecule has 0 radical (unpaired) electrons. The molecule has 0 saturated carbocycles. The van der Waals surface area contributed by atoms with Crippen LogP contribution in [-0.2, 0) is 38.4 Å². The van der Waals surface area contributed by atoms with Crippen LogP contribution in [-0.4, -0.2) is 30.7 Å². The van der Waals surface area contributed by atoms with E-state index < -0.39 is 11.8 Å². The van der Waals surface area contributed by atoms with Crippen molar-refractivity contribution < 1.29 is 19.1 Å². The molecule has 0 amide bonds. The van der Waals surface area contributed by atoms with Gasteiger partial charge in [-0.1, -0.05) is 30.3 Å². The van der Waals surface area contributed by atoms with Crippen LogP contribution in [0.4, 0.5) is 0 Å². The number of ether oxygens (including phenoxy) is 2. The van der Waals surface area contributed by atoms with E-state index in [0.717, 1.165) is 17.7 Å². The first-order valence-electron chi connectivity index (χ1n) is 7.99. The number of carbonyl (C=O) groups excluding carboxylic acids is 2. The molecule has 5 nitrogen and oxygen atoms in total. The molecule has 5 heteroatoms. The van der Waals surface area contributed by atoms with Crippen LogP contribution < -0.4 is 0 Å².